The Balaban J connectivity index is 1.96. The van der Waals surface area contributed by atoms with Gasteiger partial charge in [0.05, 0.1) is 17.8 Å². The summed E-state index contributed by atoms with van der Waals surface area (Å²) in [5, 5.41) is 9.92. The average Bonchev–Trinajstić information content (AvgIpc) is 2.95. The molecule has 0 radical (unpaired) electrons. The van der Waals surface area contributed by atoms with Crippen molar-refractivity contribution in [3.8, 4) is 0 Å². The second-order valence-electron chi connectivity index (χ2n) is 6.55. The first-order chi connectivity index (χ1) is 11.7. The van der Waals surface area contributed by atoms with Crippen LogP contribution in [0, 0.1) is 6.92 Å². The van der Waals surface area contributed by atoms with Gasteiger partial charge in [-0.15, -0.1) is 0 Å². The largest absolute Gasteiger partial charge is 0.361 e. The Kier molecular flexibility index (Phi) is 6.19. The summed E-state index contributed by atoms with van der Waals surface area (Å²) in [4.78, 5) is 28.5. The van der Waals surface area contributed by atoms with Crippen LogP contribution in [-0.4, -0.2) is 34.0 Å². The van der Waals surface area contributed by atoms with Crippen LogP contribution in [0.4, 0.5) is 0 Å². The average molecular weight is 362 g/mol. The summed E-state index contributed by atoms with van der Waals surface area (Å²) < 4.78 is 5.03. The Morgan fingerprint density at radius 1 is 1.32 bits per heavy atom. The van der Waals surface area contributed by atoms with E-state index < -0.39 is 0 Å². The minimum Gasteiger partial charge on any atom is -0.361 e. The second kappa shape index (κ2) is 8.15. The SMILES string of the molecule is Cc1cc(CSc2ncccc2C(=O)NCC(=O)NC(C)(C)C)no1. The maximum atomic E-state index is 12.4. The molecule has 0 aliphatic carbocycles. The number of hydrogen-bond donors (Lipinski definition) is 2. The predicted molar refractivity (Wildman–Crippen MR) is 95.3 cm³/mol. The lowest BCUT2D eigenvalue weighted by Gasteiger charge is -2.20. The number of nitrogens with zero attached hydrogens (tertiary/aromatic N) is 2. The topological polar surface area (TPSA) is 97.1 Å². The monoisotopic (exact) mass is 362 g/mol. The van der Waals surface area contributed by atoms with Crippen molar-refractivity contribution in [3.63, 3.8) is 0 Å². The van der Waals surface area contributed by atoms with Crippen LogP contribution in [0.15, 0.2) is 33.9 Å². The van der Waals surface area contributed by atoms with Crippen molar-refractivity contribution in [3.05, 3.63) is 41.4 Å². The van der Waals surface area contributed by atoms with E-state index in [1.165, 1.54) is 11.8 Å². The van der Waals surface area contributed by atoms with Gasteiger partial charge in [0.2, 0.25) is 5.91 Å². The highest BCUT2D eigenvalue weighted by molar-refractivity contribution is 7.98. The van der Waals surface area contributed by atoms with Gasteiger partial charge in [-0.05, 0) is 39.8 Å². The van der Waals surface area contributed by atoms with Crippen LogP contribution in [0.1, 0.15) is 42.6 Å². The molecular weight excluding hydrogens is 340 g/mol. The molecule has 25 heavy (non-hydrogen) atoms. The maximum absolute atomic E-state index is 12.4. The maximum Gasteiger partial charge on any atom is 0.254 e. The van der Waals surface area contributed by atoms with Crippen LogP contribution in [-0.2, 0) is 10.5 Å². The van der Waals surface area contributed by atoms with E-state index in [2.05, 4.69) is 20.8 Å². The number of aryl methyl sites for hydroxylation is 1. The molecule has 0 fully saturated rings. The molecule has 2 amide bonds. The minimum absolute atomic E-state index is 0.0857. The number of hydrogen-bond acceptors (Lipinski definition) is 6. The number of aromatic nitrogens is 2. The molecule has 0 saturated heterocycles. The first-order valence-corrected chi connectivity index (χ1v) is 8.82. The molecule has 0 spiro atoms. The van der Waals surface area contributed by atoms with Crippen molar-refractivity contribution in [1.82, 2.24) is 20.8 Å². The van der Waals surface area contributed by atoms with E-state index >= 15 is 0 Å². The van der Waals surface area contributed by atoms with Crippen molar-refractivity contribution in [1.29, 1.82) is 0 Å². The lowest BCUT2D eigenvalue weighted by atomic mass is 10.1. The third-order valence-electron chi connectivity index (χ3n) is 2.97. The first kappa shape index (κ1) is 19.0. The molecule has 0 aliphatic rings. The van der Waals surface area contributed by atoms with E-state index in [1.54, 1.807) is 18.3 Å². The summed E-state index contributed by atoms with van der Waals surface area (Å²) in [6, 6.07) is 5.21. The highest BCUT2D eigenvalue weighted by atomic mass is 32.2. The standard InChI is InChI=1S/C17H22N4O3S/c1-11-8-12(21-24-11)10-25-16-13(6-5-7-18-16)15(23)19-9-14(22)20-17(2,3)4/h5-8H,9-10H2,1-4H3,(H,19,23)(H,20,22). The summed E-state index contributed by atoms with van der Waals surface area (Å²) in [6.07, 6.45) is 1.62. The zero-order valence-electron chi connectivity index (χ0n) is 14.8. The highest BCUT2D eigenvalue weighted by Gasteiger charge is 2.17. The summed E-state index contributed by atoms with van der Waals surface area (Å²) in [6.45, 7) is 7.39. The molecule has 2 N–H and O–H groups in total. The lowest BCUT2D eigenvalue weighted by Crippen LogP contribution is -2.45. The second-order valence-corrected chi connectivity index (χ2v) is 7.52. The fourth-order valence-electron chi connectivity index (χ4n) is 2.03. The van der Waals surface area contributed by atoms with Gasteiger partial charge in [-0.1, -0.05) is 16.9 Å². The predicted octanol–water partition coefficient (Wildman–Crippen LogP) is 2.31. The van der Waals surface area contributed by atoms with Crippen LogP contribution in [0.25, 0.3) is 0 Å². The third kappa shape index (κ3) is 6.22. The van der Waals surface area contributed by atoms with Gasteiger partial charge in [-0.3, -0.25) is 9.59 Å². The quantitative estimate of drug-likeness (QED) is 0.766. The summed E-state index contributed by atoms with van der Waals surface area (Å²) in [5.74, 6) is 0.700. The number of rotatable bonds is 6. The van der Waals surface area contributed by atoms with Crippen molar-refractivity contribution < 1.29 is 14.1 Å². The van der Waals surface area contributed by atoms with Crippen LogP contribution < -0.4 is 10.6 Å². The van der Waals surface area contributed by atoms with Gasteiger partial charge in [0.25, 0.3) is 5.91 Å². The fraction of sp³-hybridized carbons (Fsp3) is 0.412. The molecule has 0 unspecified atom stereocenters. The molecule has 2 heterocycles. The van der Waals surface area contributed by atoms with Crippen LogP contribution in [0.3, 0.4) is 0 Å². The Labute approximate surface area is 151 Å². The van der Waals surface area contributed by atoms with E-state index in [0.717, 1.165) is 11.5 Å². The van der Waals surface area contributed by atoms with Crippen molar-refractivity contribution >= 4 is 23.6 Å². The Bertz CT molecular complexity index is 752. The van der Waals surface area contributed by atoms with Crippen molar-refractivity contribution in [2.24, 2.45) is 0 Å². The number of carbonyl (C=O) groups excluding carboxylic acids is 2. The Hall–Kier alpha value is -2.35. The molecule has 0 saturated carbocycles. The van der Waals surface area contributed by atoms with E-state index in [1.807, 2.05) is 33.8 Å². The molecular formula is C17H22N4O3S. The van der Waals surface area contributed by atoms with E-state index in [4.69, 9.17) is 4.52 Å². The van der Waals surface area contributed by atoms with Gasteiger partial charge < -0.3 is 15.2 Å². The van der Waals surface area contributed by atoms with Gasteiger partial charge in [-0.25, -0.2) is 4.98 Å². The number of pyridine rings is 1. The molecule has 0 atom stereocenters. The van der Waals surface area contributed by atoms with Gasteiger partial charge in [0.1, 0.15) is 10.8 Å². The normalized spacial score (nSPS) is 11.2. The minimum atomic E-state index is -0.340. The fourth-order valence-corrected chi connectivity index (χ4v) is 2.90. The summed E-state index contributed by atoms with van der Waals surface area (Å²) in [7, 11) is 0. The molecule has 7 nitrogen and oxygen atoms in total. The zero-order valence-corrected chi connectivity index (χ0v) is 15.6. The smallest absolute Gasteiger partial charge is 0.254 e. The summed E-state index contributed by atoms with van der Waals surface area (Å²) in [5.41, 5.74) is 0.868. The van der Waals surface area contributed by atoms with Crippen molar-refractivity contribution in [2.45, 2.75) is 44.0 Å². The zero-order chi connectivity index (χ0) is 18.4. The number of amides is 2. The van der Waals surface area contributed by atoms with Crippen LogP contribution >= 0.6 is 11.8 Å². The summed E-state index contributed by atoms with van der Waals surface area (Å²) >= 11 is 1.39. The molecule has 134 valence electrons. The number of nitrogens with one attached hydrogen (secondary N) is 2. The third-order valence-corrected chi connectivity index (χ3v) is 4.01. The van der Waals surface area contributed by atoms with Gasteiger partial charge >= 0.3 is 0 Å². The van der Waals surface area contributed by atoms with Gasteiger partial charge in [0, 0.05) is 23.6 Å². The number of thioether (sulfide) groups is 1. The van der Waals surface area contributed by atoms with E-state index in [0.29, 0.717) is 16.3 Å². The van der Waals surface area contributed by atoms with E-state index in [9.17, 15) is 9.59 Å². The molecule has 0 aromatic carbocycles. The van der Waals surface area contributed by atoms with E-state index in [-0.39, 0.29) is 23.9 Å². The van der Waals surface area contributed by atoms with Gasteiger partial charge in [-0.2, -0.15) is 0 Å². The number of carbonyl (C=O) groups is 2. The van der Waals surface area contributed by atoms with Crippen molar-refractivity contribution in [2.75, 3.05) is 6.54 Å². The molecule has 0 bridgehead atoms. The van der Waals surface area contributed by atoms with Gasteiger partial charge in [0.15, 0.2) is 0 Å². The Morgan fingerprint density at radius 3 is 2.72 bits per heavy atom. The molecule has 0 aliphatic heterocycles. The first-order valence-electron chi connectivity index (χ1n) is 7.84. The Morgan fingerprint density at radius 2 is 2.08 bits per heavy atom. The highest BCUT2D eigenvalue weighted by Crippen LogP contribution is 2.24. The van der Waals surface area contributed by atoms with Crippen LogP contribution in [0.5, 0.6) is 0 Å². The lowest BCUT2D eigenvalue weighted by molar-refractivity contribution is -0.121. The van der Waals surface area contributed by atoms with Crippen LogP contribution in [0.2, 0.25) is 0 Å². The molecule has 2 aromatic rings. The molecule has 8 heteroatoms. The molecule has 2 rings (SSSR count). The molecule has 2 aromatic heterocycles.